The SMILES string of the molecule is CNCNNC(C)C. The lowest BCUT2D eigenvalue weighted by molar-refractivity contribution is 0.457. The van der Waals surface area contributed by atoms with Gasteiger partial charge in [-0.3, -0.25) is 5.43 Å². The molecule has 0 rings (SSSR count). The Kier molecular flexibility index (Phi) is 4.95. The van der Waals surface area contributed by atoms with E-state index in [2.05, 4.69) is 30.0 Å². The van der Waals surface area contributed by atoms with E-state index in [1.54, 1.807) is 0 Å². The number of nitrogens with one attached hydrogen (secondary N) is 3. The zero-order valence-electron chi connectivity index (χ0n) is 5.78. The molecule has 0 saturated heterocycles. The van der Waals surface area contributed by atoms with Crippen molar-refractivity contribution in [1.29, 1.82) is 0 Å². The molecule has 0 unspecified atom stereocenters. The van der Waals surface area contributed by atoms with E-state index in [1.807, 2.05) is 7.05 Å². The molecule has 0 aliphatic rings. The Labute approximate surface area is 50.8 Å². The third-order valence-corrected chi connectivity index (χ3v) is 0.656. The van der Waals surface area contributed by atoms with Crippen LogP contribution in [0.25, 0.3) is 0 Å². The molecule has 0 radical (unpaired) electrons. The third-order valence-electron chi connectivity index (χ3n) is 0.656. The van der Waals surface area contributed by atoms with E-state index in [1.165, 1.54) is 0 Å². The zero-order valence-corrected chi connectivity index (χ0v) is 5.78. The van der Waals surface area contributed by atoms with Gasteiger partial charge in [0.1, 0.15) is 0 Å². The van der Waals surface area contributed by atoms with Gasteiger partial charge in [-0.2, -0.15) is 0 Å². The third kappa shape index (κ3) is 5.88. The first kappa shape index (κ1) is 7.88. The van der Waals surface area contributed by atoms with Crippen molar-refractivity contribution in [1.82, 2.24) is 16.2 Å². The van der Waals surface area contributed by atoms with Crippen LogP contribution in [0.2, 0.25) is 0 Å². The van der Waals surface area contributed by atoms with Gasteiger partial charge >= 0.3 is 0 Å². The van der Waals surface area contributed by atoms with Gasteiger partial charge in [-0.25, -0.2) is 5.43 Å². The summed E-state index contributed by atoms with van der Waals surface area (Å²) < 4.78 is 0. The van der Waals surface area contributed by atoms with Crippen molar-refractivity contribution in [2.45, 2.75) is 19.9 Å². The summed E-state index contributed by atoms with van der Waals surface area (Å²) in [6.45, 7) is 4.98. The lowest BCUT2D eigenvalue weighted by Crippen LogP contribution is -2.41. The highest BCUT2D eigenvalue weighted by atomic mass is 15.4. The maximum Gasteiger partial charge on any atom is 0.0587 e. The molecule has 8 heavy (non-hydrogen) atoms. The summed E-state index contributed by atoms with van der Waals surface area (Å²) in [5, 5.41) is 2.95. The van der Waals surface area contributed by atoms with Crippen LogP contribution in [0.1, 0.15) is 13.8 Å². The highest BCUT2D eigenvalue weighted by molar-refractivity contribution is 4.44. The average Bonchev–Trinajstić information content (AvgIpc) is 1.66. The second-order valence-electron chi connectivity index (χ2n) is 2.01. The van der Waals surface area contributed by atoms with Crippen LogP contribution in [0.5, 0.6) is 0 Å². The second kappa shape index (κ2) is 5.03. The van der Waals surface area contributed by atoms with E-state index in [-0.39, 0.29) is 0 Å². The van der Waals surface area contributed by atoms with E-state index >= 15 is 0 Å². The van der Waals surface area contributed by atoms with Gasteiger partial charge in [0.2, 0.25) is 0 Å². The summed E-state index contributed by atoms with van der Waals surface area (Å²) in [4.78, 5) is 0. The molecular formula is C5H15N3. The molecule has 3 N–H and O–H groups in total. The summed E-state index contributed by atoms with van der Waals surface area (Å²) in [7, 11) is 1.90. The molecule has 3 heteroatoms. The standard InChI is InChI=1S/C5H15N3/c1-5(2)8-7-4-6-3/h5-8H,4H2,1-3H3. The smallest absolute Gasteiger partial charge is 0.0587 e. The summed E-state index contributed by atoms with van der Waals surface area (Å²) in [6, 6.07) is 0.503. The first-order valence-corrected chi connectivity index (χ1v) is 2.90. The molecule has 0 heterocycles. The summed E-state index contributed by atoms with van der Waals surface area (Å²) in [5.41, 5.74) is 6.01. The maximum atomic E-state index is 3.03. The molecule has 0 aliphatic heterocycles. The Morgan fingerprint density at radius 3 is 2.38 bits per heavy atom. The molecule has 0 spiro atoms. The van der Waals surface area contributed by atoms with E-state index in [0.717, 1.165) is 6.67 Å². The lowest BCUT2D eigenvalue weighted by Gasteiger charge is -2.07. The molecule has 0 saturated carbocycles. The van der Waals surface area contributed by atoms with Crippen molar-refractivity contribution >= 4 is 0 Å². The highest BCUT2D eigenvalue weighted by Crippen LogP contribution is 1.67. The van der Waals surface area contributed by atoms with Crippen molar-refractivity contribution in [2.24, 2.45) is 0 Å². The fourth-order valence-electron chi connectivity index (χ4n) is 0.344. The van der Waals surface area contributed by atoms with Gasteiger partial charge in [0.05, 0.1) is 6.67 Å². The van der Waals surface area contributed by atoms with Crippen LogP contribution in [0.4, 0.5) is 0 Å². The van der Waals surface area contributed by atoms with Crippen molar-refractivity contribution in [3.8, 4) is 0 Å². The summed E-state index contributed by atoms with van der Waals surface area (Å²) in [6.07, 6.45) is 0. The van der Waals surface area contributed by atoms with Gasteiger partial charge in [-0.05, 0) is 20.9 Å². The zero-order chi connectivity index (χ0) is 6.41. The van der Waals surface area contributed by atoms with Crippen LogP contribution in [0.15, 0.2) is 0 Å². The van der Waals surface area contributed by atoms with Crippen LogP contribution < -0.4 is 16.2 Å². The fourth-order valence-corrected chi connectivity index (χ4v) is 0.344. The first-order valence-electron chi connectivity index (χ1n) is 2.90. The molecule has 0 amide bonds. The molecule has 0 bridgehead atoms. The Hall–Kier alpha value is -0.120. The van der Waals surface area contributed by atoms with Gasteiger partial charge in [-0.15, -0.1) is 0 Å². The van der Waals surface area contributed by atoms with E-state index in [4.69, 9.17) is 0 Å². The number of hydrogen-bond acceptors (Lipinski definition) is 3. The van der Waals surface area contributed by atoms with Gasteiger partial charge in [0, 0.05) is 6.04 Å². The Balaban J connectivity index is 2.72. The topological polar surface area (TPSA) is 36.1 Å². The Bertz CT molecular complexity index is 44.9. The average molecular weight is 117 g/mol. The van der Waals surface area contributed by atoms with Gasteiger partial charge in [-0.1, -0.05) is 0 Å². The van der Waals surface area contributed by atoms with Crippen LogP contribution in [-0.4, -0.2) is 19.8 Å². The number of hydrogen-bond donors (Lipinski definition) is 3. The monoisotopic (exact) mass is 117 g/mol. The lowest BCUT2D eigenvalue weighted by atomic mass is 10.4. The van der Waals surface area contributed by atoms with Crippen molar-refractivity contribution in [3.05, 3.63) is 0 Å². The van der Waals surface area contributed by atoms with Crippen LogP contribution in [0, 0.1) is 0 Å². The predicted molar refractivity (Wildman–Crippen MR) is 35.3 cm³/mol. The molecule has 50 valence electrons. The quantitative estimate of drug-likeness (QED) is 0.268. The summed E-state index contributed by atoms with van der Waals surface area (Å²) in [5.74, 6) is 0. The van der Waals surface area contributed by atoms with E-state index < -0.39 is 0 Å². The Morgan fingerprint density at radius 2 is 2.00 bits per heavy atom. The fraction of sp³-hybridized carbons (Fsp3) is 1.00. The molecule has 0 aromatic heterocycles. The maximum absolute atomic E-state index is 3.03. The predicted octanol–water partition coefficient (Wildman–Crippen LogP) is -0.334. The number of hydrazine groups is 1. The molecule has 0 atom stereocenters. The van der Waals surface area contributed by atoms with Crippen LogP contribution in [-0.2, 0) is 0 Å². The minimum Gasteiger partial charge on any atom is -0.307 e. The van der Waals surface area contributed by atoms with Gasteiger partial charge in [0.25, 0.3) is 0 Å². The Morgan fingerprint density at radius 1 is 1.38 bits per heavy atom. The second-order valence-corrected chi connectivity index (χ2v) is 2.01. The van der Waals surface area contributed by atoms with E-state index in [9.17, 15) is 0 Å². The van der Waals surface area contributed by atoms with Gasteiger partial charge < -0.3 is 5.32 Å². The molecular weight excluding hydrogens is 102 g/mol. The van der Waals surface area contributed by atoms with Crippen molar-refractivity contribution in [3.63, 3.8) is 0 Å². The molecule has 0 aromatic rings. The van der Waals surface area contributed by atoms with Crippen molar-refractivity contribution < 1.29 is 0 Å². The van der Waals surface area contributed by atoms with Crippen molar-refractivity contribution in [2.75, 3.05) is 13.7 Å². The van der Waals surface area contributed by atoms with Crippen LogP contribution in [0.3, 0.4) is 0 Å². The molecule has 0 aromatic carbocycles. The highest BCUT2D eigenvalue weighted by Gasteiger charge is 1.85. The molecule has 0 aliphatic carbocycles. The largest absolute Gasteiger partial charge is 0.307 e. The summed E-state index contributed by atoms with van der Waals surface area (Å²) >= 11 is 0. The molecule has 0 fully saturated rings. The minimum atomic E-state index is 0.503. The minimum absolute atomic E-state index is 0.503. The van der Waals surface area contributed by atoms with E-state index in [0.29, 0.717) is 6.04 Å². The number of rotatable bonds is 4. The van der Waals surface area contributed by atoms with Gasteiger partial charge in [0.15, 0.2) is 0 Å². The normalized spacial score (nSPS) is 10.5. The molecule has 3 nitrogen and oxygen atoms in total. The van der Waals surface area contributed by atoms with Crippen LogP contribution >= 0.6 is 0 Å². The first-order chi connectivity index (χ1) is 3.77.